The molecule has 0 saturated heterocycles. The third-order valence-electron chi connectivity index (χ3n) is 3.30. The fraction of sp³-hybridized carbons (Fsp3) is 0.333. The number of sulfonamides is 1. The van der Waals surface area contributed by atoms with Crippen LogP contribution in [0.2, 0.25) is 0 Å². The van der Waals surface area contributed by atoms with Gasteiger partial charge in [0.25, 0.3) is 0 Å². The highest BCUT2D eigenvalue weighted by atomic mass is 32.2. The van der Waals surface area contributed by atoms with Crippen LogP contribution in [0.5, 0.6) is 0 Å². The summed E-state index contributed by atoms with van der Waals surface area (Å²) in [6.07, 6.45) is 0.704. The van der Waals surface area contributed by atoms with Crippen LogP contribution in [-0.4, -0.2) is 22.0 Å². The quantitative estimate of drug-likeness (QED) is 0.859. The van der Waals surface area contributed by atoms with E-state index < -0.39 is 10.0 Å². The molecule has 2 N–H and O–H groups in total. The molecule has 0 amide bonds. The summed E-state index contributed by atoms with van der Waals surface area (Å²) in [5.74, 6) is 0. The molecule has 0 unspecified atom stereocenters. The zero-order valence-corrected chi connectivity index (χ0v) is 14.1. The van der Waals surface area contributed by atoms with Gasteiger partial charge >= 0.3 is 0 Å². The Bertz CT molecular complexity index is 684. The SMILES string of the molecule is CNc1cc(C)c(S(=O)(=O)NCCc2ccsc2)c(C)c1. The average molecular weight is 324 g/mol. The van der Waals surface area contributed by atoms with Crippen molar-refractivity contribution in [3.05, 3.63) is 45.6 Å². The third-order valence-corrected chi connectivity index (χ3v) is 5.80. The fourth-order valence-electron chi connectivity index (χ4n) is 2.36. The maximum absolute atomic E-state index is 12.5. The second-order valence-electron chi connectivity index (χ2n) is 4.97. The Morgan fingerprint density at radius 3 is 2.38 bits per heavy atom. The predicted octanol–water partition coefficient (Wildman–Crippen LogP) is 2.93. The van der Waals surface area contributed by atoms with Crippen molar-refractivity contribution in [1.29, 1.82) is 0 Å². The minimum absolute atomic E-state index is 0.381. The van der Waals surface area contributed by atoms with Crippen molar-refractivity contribution in [1.82, 2.24) is 4.72 Å². The number of thiophene rings is 1. The summed E-state index contributed by atoms with van der Waals surface area (Å²) in [4.78, 5) is 0.381. The molecule has 0 saturated carbocycles. The van der Waals surface area contributed by atoms with Crippen molar-refractivity contribution in [2.75, 3.05) is 18.9 Å². The molecule has 0 spiro atoms. The van der Waals surface area contributed by atoms with Crippen LogP contribution >= 0.6 is 11.3 Å². The minimum atomic E-state index is -3.47. The molecule has 2 rings (SSSR count). The van der Waals surface area contributed by atoms with Crippen molar-refractivity contribution in [3.8, 4) is 0 Å². The molecule has 0 aliphatic carbocycles. The molecule has 0 radical (unpaired) electrons. The number of benzene rings is 1. The largest absolute Gasteiger partial charge is 0.388 e. The molecule has 0 bridgehead atoms. The average Bonchev–Trinajstić information content (AvgIpc) is 2.90. The number of rotatable bonds is 6. The molecule has 0 fully saturated rings. The first-order valence-corrected chi connectivity index (χ1v) is 9.16. The minimum Gasteiger partial charge on any atom is -0.388 e. The molecule has 4 nitrogen and oxygen atoms in total. The Labute approximate surface area is 130 Å². The van der Waals surface area contributed by atoms with E-state index in [2.05, 4.69) is 10.0 Å². The smallest absolute Gasteiger partial charge is 0.241 e. The first-order valence-electron chi connectivity index (χ1n) is 6.74. The lowest BCUT2D eigenvalue weighted by Gasteiger charge is -2.14. The van der Waals surface area contributed by atoms with E-state index in [1.807, 2.05) is 49.9 Å². The molecular weight excluding hydrogens is 304 g/mol. The van der Waals surface area contributed by atoms with Gasteiger partial charge in [-0.25, -0.2) is 13.1 Å². The number of anilines is 1. The molecule has 0 atom stereocenters. The van der Waals surface area contributed by atoms with E-state index in [9.17, 15) is 8.42 Å². The molecule has 6 heteroatoms. The van der Waals surface area contributed by atoms with E-state index in [1.165, 1.54) is 0 Å². The van der Waals surface area contributed by atoms with E-state index in [0.717, 1.165) is 22.4 Å². The monoisotopic (exact) mass is 324 g/mol. The highest BCUT2D eigenvalue weighted by Crippen LogP contribution is 2.24. The van der Waals surface area contributed by atoms with Gasteiger partial charge in [-0.1, -0.05) is 0 Å². The van der Waals surface area contributed by atoms with E-state index in [1.54, 1.807) is 11.3 Å². The number of aryl methyl sites for hydroxylation is 2. The van der Waals surface area contributed by atoms with E-state index in [-0.39, 0.29) is 0 Å². The maximum atomic E-state index is 12.5. The summed E-state index contributed by atoms with van der Waals surface area (Å²) in [6, 6.07) is 5.71. The van der Waals surface area contributed by atoms with Gasteiger partial charge in [0.05, 0.1) is 4.90 Å². The van der Waals surface area contributed by atoms with Gasteiger partial charge in [0, 0.05) is 19.3 Å². The molecule has 114 valence electrons. The fourth-order valence-corrected chi connectivity index (χ4v) is 4.54. The molecule has 1 aromatic carbocycles. The Kier molecular flexibility index (Phi) is 5.03. The predicted molar refractivity (Wildman–Crippen MR) is 88.7 cm³/mol. The van der Waals surface area contributed by atoms with Gasteiger partial charge in [-0.05, 0) is 65.9 Å². The van der Waals surface area contributed by atoms with E-state index >= 15 is 0 Å². The third kappa shape index (κ3) is 3.84. The van der Waals surface area contributed by atoms with Gasteiger partial charge in [-0.3, -0.25) is 0 Å². The van der Waals surface area contributed by atoms with Crippen molar-refractivity contribution in [2.45, 2.75) is 25.2 Å². The van der Waals surface area contributed by atoms with Gasteiger partial charge in [0.1, 0.15) is 0 Å². The Balaban J connectivity index is 2.15. The van der Waals surface area contributed by atoms with Crippen LogP contribution in [0.4, 0.5) is 5.69 Å². The van der Waals surface area contributed by atoms with Crippen LogP contribution in [0, 0.1) is 13.8 Å². The number of nitrogens with one attached hydrogen (secondary N) is 2. The van der Waals surface area contributed by atoms with Crippen molar-refractivity contribution in [2.24, 2.45) is 0 Å². The first kappa shape index (κ1) is 16.0. The van der Waals surface area contributed by atoms with Crippen LogP contribution in [0.15, 0.2) is 33.9 Å². The van der Waals surface area contributed by atoms with Crippen molar-refractivity contribution in [3.63, 3.8) is 0 Å². The molecule has 2 aromatic rings. The zero-order valence-electron chi connectivity index (χ0n) is 12.4. The Morgan fingerprint density at radius 1 is 1.19 bits per heavy atom. The van der Waals surface area contributed by atoms with Gasteiger partial charge in [0.15, 0.2) is 0 Å². The van der Waals surface area contributed by atoms with E-state index in [4.69, 9.17) is 0 Å². The molecule has 1 heterocycles. The summed E-state index contributed by atoms with van der Waals surface area (Å²) in [7, 11) is -1.65. The molecule has 0 aliphatic heterocycles. The Hall–Kier alpha value is -1.37. The molecule has 1 aromatic heterocycles. The lowest BCUT2D eigenvalue weighted by atomic mass is 10.1. The highest BCUT2D eigenvalue weighted by Gasteiger charge is 2.19. The summed E-state index contributed by atoms with van der Waals surface area (Å²) in [5, 5.41) is 7.06. The van der Waals surface area contributed by atoms with Crippen molar-refractivity contribution < 1.29 is 8.42 Å². The van der Waals surface area contributed by atoms with Gasteiger partial charge in [-0.2, -0.15) is 11.3 Å². The zero-order chi connectivity index (χ0) is 15.5. The summed E-state index contributed by atoms with van der Waals surface area (Å²) in [6.45, 7) is 4.05. The standard InChI is InChI=1S/C15H20N2O2S2/c1-11-8-14(16-3)9-12(2)15(11)21(18,19)17-6-4-13-5-7-20-10-13/h5,7-10,16-17H,4,6H2,1-3H3. The summed E-state index contributed by atoms with van der Waals surface area (Å²) in [5.41, 5.74) is 3.58. The first-order chi connectivity index (χ1) is 9.94. The van der Waals surface area contributed by atoms with Crippen LogP contribution in [0.25, 0.3) is 0 Å². The van der Waals surface area contributed by atoms with Gasteiger partial charge in [-0.15, -0.1) is 0 Å². The molecule has 21 heavy (non-hydrogen) atoms. The van der Waals surface area contributed by atoms with Crippen LogP contribution in [0.3, 0.4) is 0 Å². The van der Waals surface area contributed by atoms with Crippen LogP contribution < -0.4 is 10.0 Å². The summed E-state index contributed by atoms with van der Waals surface area (Å²) < 4.78 is 27.6. The second kappa shape index (κ2) is 6.60. The normalized spacial score (nSPS) is 11.6. The number of hydrogen-bond donors (Lipinski definition) is 2. The lowest BCUT2D eigenvalue weighted by molar-refractivity contribution is 0.580. The van der Waals surface area contributed by atoms with Crippen molar-refractivity contribution >= 4 is 27.0 Å². The molecule has 0 aliphatic rings. The lowest BCUT2D eigenvalue weighted by Crippen LogP contribution is -2.27. The highest BCUT2D eigenvalue weighted by molar-refractivity contribution is 7.89. The summed E-state index contributed by atoms with van der Waals surface area (Å²) >= 11 is 1.62. The maximum Gasteiger partial charge on any atom is 0.241 e. The number of hydrogen-bond acceptors (Lipinski definition) is 4. The molecular formula is C15H20N2O2S2. The van der Waals surface area contributed by atoms with Crippen LogP contribution in [0.1, 0.15) is 16.7 Å². The van der Waals surface area contributed by atoms with Gasteiger partial charge < -0.3 is 5.32 Å². The van der Waals surface area contributed by atoms with E-state index in [0.29, 0.717) is 17.9 Å². The second-order valence-corrected chi connectivity index (χ2v) is 7.45. The topological polar surface area (TPSA) is 58.2 Å². The van der Waals surface area contributed by atoms with Crippen LogP contribution in [-0.2, 0) is 16.4 Å². The Morgan fingerprint density at radius 2 is 1.86 bits per heavy atom. The van der Waals surface area contributed by atoms with Gasteiger partial charge in [0.2, 0.25) is 10.0 Å².